The lowest BCUT2D eigenvalue weighted by Gasteiger charge is -2.45. The Balaban J connectivity index is 1.34. The molecule has 3 aliphatic rings. The fourth-order valence-corrected chi connectivity index (χ4v) is 5.34. The summed E-state index contributed by atoms with van der Waals surface area (Å²) in [5.41, 5.74) is 0.528. The summed E-state index contributed by atoms with van der Waals surface area (Å²) in [6.45, 7) is -1.49. The third kappa shape index (κ3) is 6.01. The van der Waals surface area contributed by atoms with Crippen molar-refractivity contribution >= 4 is 5.78 Å². The Hall–Kier alpha value is -3.29. The van der Waals surface area contributed by atoms with Crippen molar-refractivity contribution in [3.05, 3.63) is 41.5 Å². The van der Waals surface area contributed by atoms with Gasteiger partial charge in [0.1, 0.15) is 77.7 Å². The van der Waals surface area contributed by atoms with Gasteiger partial charge in [-0.2, -0.15) is 0 Å². The zero-order chi connectivity index (χ0) is 31.9. The minimum atomic E-state index is -1.81. The van der Waals surface area contributed by atoms with Crippen LogP contribution < -0.4 is 14.2 Å². The van der Waals surface area contributed by atoms with E-state index in [2.05, 4.69) is 0 Å². The molecule has 2 fully saturated rings. The average Bonchev–Trinajstić information content (AvgIpc) is 3.01. The first kappa shape index (κ1) is 32.1. The number of aliphatic hydroxyl groups is 7. The first-order valence-electron chi connectivity index (χ1n) is 13.7. The molecule has 11 atom stereocenters. The van der Waals surface area contributed by atoms with E-state index in [0.29, 0.717) is 5.56 Å². The molecule has 3 aliphatic heterocycles. The number of hydrogen-bond acceptors (Lipinski definition) is 16. The van der Waals surface area contributed by atoms with Gasteiger partial charge in [-0.3, -0.25) is 4.79 Å². The van der Waals surface area contributed by atoms with Crippen molar-refractivity contribution in [3.8, 4) is 28.7 Å². The highest BCUT2D eigenvalue weighted by molar-refractivity contribution is 6.02. The van der Waals surface area contributed by atoms with Crippen LogP contribution in [0.25, 0.3) is 0 Å². The molecule has 0 radical (unpaired) electrons. The van der Waals surface area contributed by atoms with Crippen molar-refractivity contribution in [1.82, 2.24) is 0 Å². The van der Waals surface area contributed by atoms with Crippen molar-refractivity contribution in [2.24, 2.45) is 0 Å². The number of phenols is 2. The number of hydrogen-bond donors (Lipinski definition) is 9. The summed E-state index contributed by atoms with van der Waals surface area (Å²) in [6.07, 6.45) is -17.3. The maximum absolute atomic E-state index is 13.1. The van der Waals surface area contributed by atoms with Crippen LogP contribution in [0.3, 0.4) is 0 Å². The van der Waals surface area contributed by atoms with Gasteiger partial charge in [-0.15, -0.1) is 0 Å². The number of phenolic OH excluding ortho intramolecular Hbond substituents is 2. The van der Waals surface area contributed by atoms with Gasteiger partial charge >= 0.3 is 0 Å². The number of aliphatic hydroxyl groups excluding tert-OH is 7. The highest BCUT2D eigenvalue weighted by Gasteiger charge is 2.51. The van der Waals surface area contributed by atoms with Crippen molar-refractivity contribution in [3.63, 3.8) is 0 Å². The third-order valence-corrected chi connectivity index (χ3v) is 7.76. The quantitative estimate of drug-likeness (QED) is 0.141. The number of carbonyl (C=O) groups is 1. The minimum Gasteiger partial charge on any atom is -0.504 e. The smallest absolute Gasteiger partial charge is 0.229 e. The fraction of sp³-hybridized carbons (Fsp3) is 0.536. The fourth-order valence-electron chi connectivity index (χ4n) is 5.34. The molecular formula is C28H34O16. The zero-order valence-corrected chi connectivity index (χ0v) is 23.2. The number of methoxy groups -OCH3 is 1. The Bertz CT molecular complexity index is 1330. The van der Waals surface area contributed by atoms with Gasteiger partial charge in [-0.05, 0) is 17.7 Å². The summed E-state index contributed by atoms with van der Waals surface area (Å²) >= 11 is 0. The molecule has 0 aliphatic carbocycles. The molecule has 0 spiro atoms. The van der Waals surface area contributed by atoms with E-state index in [-0.39, 0.29) is 40.8 Å². The topological polar surface area (TPSA) is 255 Å². The van der Waals surface area contributed by atoms with Gasteiger partial charge in [0.15, 0.2) is 23.6 Å². The van der Waals surface area contributed by atoms with E-state index < -0.39 is 86.5 Å². The molecule has 16 heteroatoms. The van der Waals surface area contributed by atoms with Gasteiger partial charge in [-0.25, -0.2) is 0 Å². The lowest BCUT2D eigenvalue weighted by molar-refractivity contribution is -0.352. The van der Waals surface area contributed by atoms with Crippen LogP contribution in [-0.4, -0.2) is 133 Å². The number of aromatic hydroxyl groups is 2. The molecule has 0 amide bonds. The molecule has 2 aromatic carbocycles. The van der Waals surface area contributed by atoms with E-state index in [1.807, 2.05) is 0 Å². The molecule has 3 heterocycles. The molecule has 242 valence electrons. The predicted molar refractivity (Wildman–Crippen MR) is 142 cm³/mol. The Labute approximate surface area is 249 Å². The van der Waals surface area contributed by atoms with Gasteiger partial charge in [0.25, 0.3) is 0 Å². The molecule has 9 N–H and O–H groups in total. The largest absolute Gasteiger partial charge is 0.504 e. The van der Waals surface area contributed by atoms with E-state index in [1.54, 1.807) is 0 Å². The summed E-state index contributed by atoms with van der Waals surface area (Å²) < 4.78 is 33.7. The Kier molecular flexibility index (Phi) is 9.47. The maximum atomic E-state index is 13.1. The van der Waals surface area contributed by atoms with Crippen LogP contribution in [-0.2, 0) is 14.2 Å². The lowest BCUT2D eigenvalue weighted by Crippen LogP contribution is -2.65. The van der Waals surface area contributed by atoms with Crippen molar-refractivity contribution in [1.29, 1.82) is 0 Å². The van der Waals surface area contributed by atoms with Gasteiger partial charge < -0.3 is 74.4 Å². The second kappa shape index (κ2) is 13.0. The molecule has 16 nitrogen and oxygen atoms in total. The number of ether oxygens (including phenoxy) is 6. The number of carbonyl (C=O) groups excluding carboxylic acids is 1. The molecule has 0 bridgehead atoms. The van der Waals surface area contributed by atoms with Crippen LogP contribution in [0.4, 0.5) is 0 Å². The predicted octanol–water partition coefficient (Wildman–Crippen LogP) is -2.18. The van der Waals surface area contributed by atoms with Crippen LogP contribution in [0.15, 0.2) is 30.3 Å². The van der Waals surface area contributed by atoms with Crippen molar-refractivity contribution in [2.75, 3.05) is 20.3 Å². The van der Waals surface area contributed by atoms with E-state index in [0.717, 1.165) is 0 Å². The van der Waals surface area contributed by atoms with Crippen LogP contribution in [0.5, 0.6) is 28.7 Å². The summed E-state index contributed by atoms with van der Waals surface area (Å²) in [5, 5.41) is 91.0. The molecule has 0 aromatic heterocycles. The number of ketones is 1. The number of rotatable bonds is 8. The van der Waals surface area contributed by atoms with Crippen LogP contribution in [0.1, 0.15) is 28.4 Å². The molecule has 0 saturated carbocycles. The number of fused-ring (bicyclic) bond motifs is 1. The standard InChI is InChI=1S/C28H34O16/c1-39-16-5-11(6-17-20(16)14(33)7-15(41-17)10-2-3-12(31)13(32)4-10)40-27-25(38)23(36)26(19(9-30)43-27)44-28-24(37)22(35)21(34)18(8-29)42-28/h2-6,15,18-19,21-32,34-38H,7-9H2,1H3/t15-,18-,19-,21+,22-,23+,24-,25+,26-,27+,28-/m0/s1. The zero-order valence-electron chi connectivity index (χ0n) is 23.2. The van der Waals surface area contributed by atoms with Crippen LogP contribution in [0, 0.1) is 0 Å². The van der Waals surface area contributed by atoms with Crippen molar-refractivity contribution < 1.29 is 79.2 Å². The molecule has 5 rings (SSSR count). The van der Waals surface area contributed by atoms with Crippen LogP contribution >= 0.6 is 0 Å². The number of benzene rings is 2. The Morgan fingerprint density at radius 1 is 0.818 bits per heavy atom. The highest BCUT2D eigenvalue weighted by Crippen LogP contribution is 2.44. The van der Waals surface area contributed by atoms with Gasteiger partial charge in [0.2, 0.25) is 6.29 Å². The van der Waals surface area contributed by atoms with E-state index in [4.69, 9.17) is 28.4 Å². The monoisotopic (exact) mass is 626 g/mol. The lowest BCUT2D eigenvalue weighted by atomic mass is 9.95. The second-order valence-electron chi connectivity index (χ2n) is 10.6. The van der Waals surface area contributed by atoms with Crippen LogP contribution in [0.2, 0.25) is 0 Å². The van der Waals surface area contributed by atoms with Gasteiger partial charge in [0, 0.05) is 12.1 Å². The van der Waals surface area contributed by atoms with E-state index >= 15 is 0 Å². The summed E-state index contributed by atoms with van der Waals surface area (Å²) in [6, 6.07) is 6.67. The second-order valence-corrected chi connectivity index (χ2v) is 10.6. The molecular weight excluding hydrogens is 592 g/mol. The first-order valence-corrected chi connectivity index (χ1v) is 13.7. The molecule has 44 heavy (non-hydrogen) atoms. The molecule has 2 saturated heterocycles. The molecule has 0 unspecified atom stereocenters. The summed E-state index contributed by atoms with van der Waals surface area (Å²) in [4.78, 5) is 13.1. The SMILES string of the molecule is COc1cc(O[C@@H]2O[C@@H](CO)[C@H](O[C@@H]3O[C@@H](CO)[C@@H](O)[C@H](O)[C@@H]3O)[C@H](O)[C@H]2O)cc2c1C(=O)C[C@@H](c1ccc(O)c(O)c1)O2. The minimum absolute atomic E-state index is 0.0242. The average molecular weight is 627 g/mol. The normalized spacial score (nSPS) is 35.5. The number of Topliss-reactive ketones (excluding diaryl/α,β-unsaturated/α-hetero) is 1. The van der Waals surface area contributed by atoms with E-state index in [1.165, 1.54) is 37.4 Å². The van der Waals surface area contributed by atoms with E-state index in [9.17, 15) is 50.8 Å². The maximum Gasteiger partial charge on any atom is 0.229 e. The van der Waals surface area contributed by atoms with Crippen molar-refractivity contribution in [2.45, 2.75) is 73.9 Å². The van der Waals surface area contributed by atoms with Gasteiger partial charge in [-0.1, -0.05) is 6.07 Å². The Morgan fingerprint density at radius 2 is 1.50 bits per heavy atom. The summed E-state index contributed by atoms with van der Waals surface area (Å²) in [5.74, 6) is -0.990. The third-order valence-electron chi connectivity index (χ3n) is 7.76. The molecule has 2 aromatic rings. The van der Waals surface area contributed by atoms with Gasteiger partial charge in [0.05, 0.1) is 26.7 Å². The Morgan fingerprint density at radius 3 is 2.16 bits per heavy atom. The highest BCUT2D eigenvalue weighted by atomic mass is 16.7. The first-order chi connectivity index (χ1) is 21.0. The summed E-state index contributed by atoms with van der Waals surface area (Å²) in [7, 11) is 1.31.